The van der Waals surface area contributed by atoms with Crippen molar-refractivity contribution in [3.8, 4) is 22.7 Å². The summed E-state index contributed by atoms with van der Waals surface area (Å²) in [5.41, 5.74) is 13.5. The number of hydrogen-bond donors (Lipinski definition) is 2. The maximum absolute atomic E-state index is 11.4. The van der Waals surface area contributed by atoms with Crippen molar-refractivity contribution in [1.29, 1.82) is 0 Å². The van der Waals surface area contributed by atoms with Crippen LogP contribution < -0.4 is 16.2 Å². The molecule has 0 atom stereocenters. The molecule has 0 spiro atoms. The zero-order chi connectivity index (χ0) is 19.8. The Bertz CT molecular complexity index is 1220. The molecule has 11 heteroatoms. The van der Waals surface area contributed by atoms with Crippen LogP contribution in [0.1, 0.15) is 0 Å². The first-order chi connectivity index (χ1) is 13.5. The highest BCUT2D eigenvalue weighted by Crippen LogP contribution is 2.29. The van der Waals surface area contributed by atoms with Crippen molar-refractivity contribution in [2.45, 2.75) is 0 Å². The summed E-state index contributed by atoms with van der Waals surface area (Å²) in [4.78, 5) is 19.0. The Kier molecular flexibility index (Phi) is 3.96. The molecule has 4 rings (SSSR count). The van der Waals surface area contributed by atoms with E-state index in [9.17, 15) is 10.1 Å². The smallest absolute Gasteiger partial charge is 0.298 e. The van der Waals surface area contributed by atoms with E-state index in [1.54, 1.807) is 36.5 Å². The third-order valence-corrected chi connectivity index (χ3v) is 4.16. The van der Waals surface area contributed by atoms with E-state index in [4.69, 9.17) is 16.2 Å². The SMILES string of the molecule is COc1ccc(-n2cc(-c3ccc4nc(N)nc(N)c4c3)nn2)c([N+](=O)[O-])c1. The Balaban J connectivity index is 1.78. The summed E-state index contributed by atoms with van der Waals surface area (Å²) in [6.45, 7) is 0. The number of anilines is 2. The van der Waals surface area contributed by atoms with Crippen LogP contribution in [0.5, 0.6) is 5.75 Å². The summed E-state index contributed by atoms with van der Waals surface area (Å²) in [7, 11) is 1.44. The van der Waals surface area contributed by atoms with Gasteiger partial charge in [0.25, 0.3) is 5.69 Å². The molecule has 2 aromatic carbocycles. The second-order valence-corrected chi connectivity index (χ2v) is 5.86. The van der Waals surface area contributed by atoms with Gasteiger partial charge >= 0.3 is 0 Å². The lowest BCUT2D eigenvalue weighted by Gasteiger charge is -2.05. The minimum absolute atomic E-state index is 0.0931. The fourth-order valence-electron chi connectivity index (χ4n) is 2.81. The van der Waals surface area contributed by atoms with Crippen LogP contribution in [-0.2, 0) is 0 Å². The van der Waals surface area contributed by atoms with Crippen molar-refractivity contribution >= 4 is 28.4 Å². The minimum Gasteiger partial charge on any atom is -0.496 e. The Morgan fingerprint density at radius 2 is 1.96 bits per heavy atom. The van der Waals surface area contributed by atoms with Crippen LogP contribution in [0.25, 0.3) is 27.8 Å². The second kappa shape index (κ2) is 6.46. The first-order valence-electron chi connectivity index (χ1n) is 8.04. The van der Waals surface area contributed by atoms with Gasteiger partial charge < -0.3 is 16.2 Å². The number of nitro benzene ring substituents is 1. The topological polar surface area (TPSA) is 161 Å². The fourth-order valence-corrected chi connectivity index (χ4v) is 2.81. The Morgan fingerprint density at radius 1 is 1.14 bits per heavy atom. The molecule has 28 heavy (non-hydrogen) atoms. The van der Waals surface area contributed by atoms with E-state index in [1.807, 2.05) is 0 Å². The lowest BCUT2D eigenvalue weighted by molar-refractivity contribution is -0.384. The van der Waals surface area contributed by atoms with Gasteiger partial charge in [0.05, 0.1) is 29.8 Å². The third kappa shape index (κ3) is 2.90. The Labute approximate surface area is 157 Å². The zero-order valence-corrected chi connectivity index (χ0v) is 14.6. The van der Waals surface area contributed by atoms with Crippen LogP contribution in [0.15, 0.2) is 42.6 Å². The highest BCUT2D eigenvalue weighted by molar-refractivity contribution is 5.92. The molecule has 0 saturated carbocycles. The first kappa shape index (κ1) is 17.1. The van der Waals surface area contributed by atoms with Gasteiger partial charge in [-0.05, 0) is 24.3 Å². The van der Waals surface area contributed by atoms with Crippen LogP contribution in [0.2, 0.25) is 0 Å². The maximum Gasteiger partial charge on any atom is 0.298 e. The molecule has 0 aliphatic heterocycles. The van der Waals surface area contributed by atoms with Crippen LogP contribution >= 0.6 is 0 Å². The molecule has 11 nitrogen and oxygen atoms in total. The normalized spacial score (nSPS) is 10.9. The van der Waals surface area contributed by atoms with E-state index in [0.717, 1.165) is 0 Å². The molecule has 4 aromatic rings. The number of hydrogen-bond acceptors (Lipinski definition) is 9. The number of nitrogen functional groups attached to an aromatic ring is 2. The van der Waals surface area contributed by atoms with Gasteiger partial charge in [0.1, 0.15) is 22.9 Å². The Hall–Kier alpha value is -4.28. The van der Waals surface area contributed by atoms with E-state index >= 15 is 0 Å². The molecular formula is C17H14N8O3. The van der Waals surface area contributed by atoms with E-state index < -0.39 is 4.92 Å². The third-order valence-electron chi connectivity index (χ3n) is 4.16. The molecule has 140 valence electrons. The summed E-state index contributed by atoms with van der Waals surface area (Å²) >= 11 is 0. The number of fused-ring (bicyclic) bond motifs is 1. The van der Waals surface area contributed by atoms with Gasteiger partial charge in [0.2, 0.25) is 5.95 Å². The number of nitro groups is 1. The summed E-state index contributed by atoms with van der Waals surface area (Å²) < 4.78 is 6.38. The van der Waals surface area contributed by atoms with Gasteiger partial charge in [-0.3, -0.25) is 10.1 Å². The molecule has 0 fully saturated rings. The molecular weight excluding hydrogens is 364 g/mol. The summed E-state index contributed by atoms with van der Waals surface area (Å²) in [5, 5.41) is 20.2. The highest BCUT2D eigenvalue weighted by atomic mass is 16.6. The van der Waals surface area contributed by atoms with Crippen LogP contribution in [0.3, 0.4) is 0 Å². The molecule has 4 N–H and O–H groups in total. The molecule has 2 aromatic heterocycles. The van der Waals surface area contributed by atoms with Gasteiger partial charge in [-0.1, -0.05) is 11.3 Å². The second-order valence-electron chi connectivity index (χ2n) is 5.86. The lowest BCUT2D eigenvalue weighted by Crippen LogP contribution is -2.01. The standard InChI is InChI=1S/C17H14N8O3/c1-28-10-3-5-14(15(7-10)25(26)27)24-8-13(22-23-24)9-2-4-12-11(6-9)16(18)21-17(19)20-12/h2-8H,1H3,(H4,18,19,20,21). The number of benzene rings is 2. The molecule has 0 aliphatic carbocycles. The predicted molar refractivity (Wildman–Crippen MR) is 102 cm³/mol. The molecule has 0 saturated heterocycles. The van der Waals surface area contributed by atoms with Gasteiger partial charge in [-0.2, -0.15) is 4.98 Å². The highest BCUT2D eigenvalue weighted by Gasteiger charge is 2.19. The van der Waals surface area contributed by atoms with Crippen molar-refractivity contribution in [2.24, 2.45) is 0 Å². The van der Waals surface area contributed by atoms with Crippen LogP contribution in [-0.4, -0.2) is 37.0 Å². The van der Waals surface area contributed by atoms with Gasteiger partial charge in [-0.15, -0.1) is 5.10 Å². The maximum atomic E-state index is 11.4. The van der Waals surface area contributed by atoms with E-state index in [0.29, 0.717) is 27.9 Å². The monoisotopic (exact) mass is 378 g/mol. The van der Waals surface area contributed by atoms with Gasteiger partial charge in [-0.25, -0.2) is 9.67 Å². The number of nitrogens with two attached hydrogens (primary N) is 2. The summed E-state index contributed by atoms with van der Waals surface area (Å²) in [6, 6.07) is 9.78. The largest absolute Gasteiger partial charge is 0.496 e. The lowest BCUT2D eigenvalue weighted by atomic mass is 10.1. The van der Waals surface area contributed by atoms with Gasteiger partial charge in [0, 0.05) is 10.9 Å². The van der Waals surface area contributed by atoms with Crippen molar-refractivity contribution in [1.82, 2.24) is 25.0 Å². The molecule has 0 aliphatic rings. The number of aromatic nitrogens is 5. The quantitative estimate of drug-likeness (QED) is 0.399. The Morgan fingerprint density at radius 3 is 2.71 bits per heavy atom. The van der Waals surface area contributed by atoms with Crippen molar-refractivity contribution in [3.05, 3.63) is 52.7 Å². The molecule has 0 bridgehead atoms. The van der Waals surface area contributed by atoms with Gasteiger partial charge in [0.15, 0.2) is 0 Å². The van der Waals surface area contributed by atoms with Crippen LogP contribution in [0.4, 0.5) is 17.5 Å². The average Bonchev–Trinajstić information content (AvgIpc) is 3.17. The average molecular weight is 378 g/mol. The predicted octanol–water partition coefficient (Wildman–Crippen LogP) is 1.96. The molecule has 0 unspecified atom stereocenters. The van der Waals surface area contributed by atoms with Crippen molar-refractivity contribution in [3.63, 3.8) is 0 Å². The van der Waals surface area contributed by atoms with E-state index in [1.165, 1.54) is 17.9 Å². The zero-order valence-electron chi connectivity index (χ0n) is 14.6. The first-order valence-corrected chi connectivity index (χ1v) is 8.04. The number of methoxy groups -OCH3 is 1. The molecule has 0 amide bonds. The van der Waals surface area contributed by atoms with Crippen molar-refractivity contribution < 1.29 is 9.66 Å². The summed E-state index contributed by atoms with van der Waals surface area (Å²) in [6.07, 6.45) is 1.59. The minimum atomic E-state index is -0.502. The number of rotatable bonds is 4. The van der Waals surface area contributed by atoms with E-state index in [2.05, 4.69) is 20.3 Å². The molecule has 2 heterocycles. The molecule has 0 radical (unpaired) electrons. The number of nitrogens with zero attached hydrogens (tertiary/aromatic N) is 6. The number of ether oxygens (including phenoxy) is 1. The summed E-state index contributed by atoms with van der Waals surface area (Å²) in [5.74, 6) is 0.720. The fraction of sp³-hybridized carbons (Fsp3) is 0.0588. The van der Waals surface area contributed by atoms with E-state index in [-0.39, 0.29) is 23.1 Å². The van der Waals surface area contributed by atoms with Crippen molar-refractivity contribution in [2.75, 3.05) is 18.6 Å². The van der Waals surface area contributed by atoms with Crippen LogP contribution in [0, 0.1) is 10.1 Å².